The third-order valence-electron chi connectivity index (χ3n) is 4.75. The first-order valence-corrected chi connectivity index (χ1v) is 8.91. The molecule has 3 aromatic rings. The molecule has 0 saturated carbocycles. The maximum Gasteiger partial charge on any atom is 0.255 e. The predicted octanol–water partition coefficient (Wildman–Crippen LogP) is 3.60. The van der Waals surface area contributed by atoms with Crippen molar-refractivity contribution < 1.29 is 13.7 Å². The van der Waals surface area contributed by atoms with E-state index in [-0.39, 0.29) is 17.6 Å². The third-order valence-corrected chi connectivity index (χ3v) is 4.75. The zero-order valence-electron chi connectivity index (χ0n) is 14.9. The summed E-state index contributed by atoms with van der Waals surface area (Å²) >= 11 is 0. The lowest BCUT2D eigenvalue weighted by Gasteiger charge is -2.31. The van der Waals surface area contributed by atoms with Crippen molar-refractivity contribution in [2.24, 2.45) is 0 Å². The van der Waals surface area contributed by atoms with E-state index in [0.29, 0.717) is 41.6 Å². The Balaban J connectivity index is 1.49. The van der Waals surface area contributed by atoms with Gasteiger partial charge in [0.05, 0.1) is 11.3 Å². The number of nitrogens with zero attached hydrogens (tertiary/aromatic N) is 4. The molecule has 1 amide bonds. The molecule has 0 radical (unpaired) electrons. The van der Waals surface area contributed by atoms with Crippen LogP contribution in [-0.4, -0.2) is 39.0 Å². The number of carbonyl (C=O) groups excluding carboxylic acids is 1. The summed E-state index contributed by atoms with van der Waals surface area (Å²) in [5.74, 6) is 0.888. The van der Waals surface area contributed by atoms with Crippen LogP contribution < -0.4 is 0 Å². The van der Waals surface area contributed by atoms with Gasteiger partial charge < -0.3 is 9.42 Å². The SMILES string of the molecule is Cc1nc(C2CCCN(C(=O)c3ccc(-c4cccc(F)c4)nc3)C2)no1. The fraction of sp³-hybridized carbons (Fsp3) is 0.300. The van der Waals surface area contributed by atoms with Gasteiger partial charge in [0.2, 0.25) is 5.89 Å². The molecule has 6 nitrogen and oxygen atoms in total. The molecule has 0 bridgehead atoms. The Bertz CT molecular complexity index is 955. The normalized spacial score (nSPS) is 17.1. The molecule has 1 saturated heterocycles. The Hall–Kier alpha value is -3.09. The second kappa shape index (κ2) is 7.26. The van der Waals surface area contributed by atoms with Crippen LogP contribution in [0.5, 0.6) is 0 Å². The molecule has 138 valence electrons. The Labute approximate surface area is 156 Å². The van der Waals surface area contributed by atoms with E-state index in [1.165, 1.54) is 12.1 Å². The summed E-state index contributed by atoms with van der Waals surface area (Å²) in [5, 5.41) is 3.99. The lowest BCUT2D eigenvalue weighted by molar-refractivity contribution is 0.0703. The van der Waals surface area contributed by atoms with E-state index in [2.05, 4.69) is 15.1 Å². The third kappa shape index (κ3) is 3.72. The summed E-state index contributed by atoms with van der Waals surface area (Å²) in [7, 11) is 0. The molecule has 1 atom stereocenters. The molecule has 3 heterocycles. The van der Waals surface area contributed by atoms with E-state index < -0.39 is 0 Å². The number of hydrogen-bond acceptors (Lipinski definition) is 5. The molecule has 1 aliphatic rings. The fourth-order valence-corrected chi connectivity index (χ4v) is 3.37. The largest absolute Gasteiger partial charge is 0.340 e. The van der Waals surface area contributed by atoms with Crippen molar-refractivity contribution in [2.45, 2.75) is 25.7 Å². The Kier molecular flexibility index (Phi) is 4.66. The number of piperidine rings is 1. The highest BCUT2D eigenvalue weighted by molar-refractivity contribution is 5.94. The smallest absolute Gasteiger partial charge is 0.255 e. The highest BCUT2D eigenvalue weighted by Crippen LogP contribution is 2.26. The van der Waals surface area contributed by atoms with Gasteiger partial charge in [-0.3, -0.25) is 9.78 Å². The van der Waals surface area contributed by atoms with E-state index in [9.17, 15) is 9.18 Å². The number of halogens is 1. The van der Waals surface area contributed by atoms with Gasteiger partial charge in [-0.2, -0.15) is 4.98 Å². The second-order valence-electron chi connectivity index (χ2n) is 6.70. The lowest BCUT2D eigenvalue weighted by Crippen LogP contribution is -2.39. The van der Waals surface area contributed by atoms with Crippen LogP contribution in [0.3, 0.4) is 0 Å². The van der Waals surface area contributed by atoms with Crippen molar-refractivity contribution in [1.29, 1.82) is 0 Å². The topological polar surface area (TPSA) is 72.1 Å². The average Bonchev–Trinajstić information content (AvgIpc) is 3.14. The molecule has 1 fully saturated rings. The molecule has 1 aliphatic heterocycles. The van der Waals surface area contributed by atoms with Crippen molar-refractivity contribution in [3.05, 3.63) is 65.7 Å². The summed E-state index contributed by atoms with van der Waals surface area (Å²) in [6.45, 7) is 3.01. The Morgan fingerprint density at radius 2 is 2.19 bits per heavy atom. The van der Waals surface area contributed by atoms with Gasteiger partial charge in [0, 0.05) is 37.7 Å². The Morgan fingerprint density at radius 3 is 2.89 bits per heavy atom. The minimum absolute atomic E-state index is 0.0711. The van der Waals surface area contributed by atoms with Crippen LogP contribution >= 0.6 is 0 Å². The monoisotopic (exact) mass is 366 g/mol. The van der Waals surface area contributed by atoms with Crippen molar-refractivity contribution in [3.63, 3.8) is 0 Å². The van der Waals surface area contributed by atoms with E-state index in [1.54, 1.807) is 42.3 Å². The van der Waals surface area contributed by atoms with E-state index >= 15 is 0 Å². The van der Waals surface area contributed by atoms with Crippen molar-refractivity contribution in [3.8, 4) is 11.3 Å². The summed E-state index contributed by atoms with van der Waals surface area (Å²) in [4.78, 5) is 23.3. The number of rotatable bonds is 3. The van der Waals surface area contributed by atoms with Gasteiger partial charge in [-0.25, -0.2) is 4.39 Å². The number of benzene rings is 1. The molecule has 7 heteroatoms. The lowest BCUT2D eigenvalue weighted by atomic mass is 9.97. The highest BCUT2D eigenvalue weighted by atomic mass is 19.1. The van der Waals surface area contributed by atoms with Crippen molar-refractivity contribution >= 4 is 5.91 Å². The summed E-state index contributed by atoms with van der Waals surface area (Å²) in [6, 6.07) is 9.71. The molecule has 0 spiro atoms. The van der Waals surface area contributed by atoms with Crippen LogP contribution in [-0.2, 0) is 0 Å². The quantitative estimate of drug-likeness (QED) is 0.708. The summed E-state index contributed by atoms with van der Waals surface area (Å²) in [5.41, 5.74) is 1.82. The minimum atomic E-state index is -0.314. The first kappa shape index (κ1) is 17.3. The highest BCUT2D eigenvalue weighted by Gasteiger charge is 2.28. The van der Waals surface area contributed by atoms with Crippen LogP contribution in [0, 0.1) is 12.7 Å². The number of aryl methyl sites for hydroxylation is 1. The molecule has 0 aliphatic carbocycles. The Morgan fingerprint density at radius 1 is 1.30 bits per heavy atom. The van der Waals surface area contributed by atoms with E-state index in [0.717, 1.165) is 12.8 Å². The van der Waals surface area contributed by atoms with Crippen molar-refractivity contribution in [1.82, 2.24) is 20.0 Å². The zero-order valence-corrected chi connectivity index (χ0v) is 14.9. The van der Waals surface area contributed by atoms with E-state index in [4.69, 9.17) is 4.52 Å². The molecule has 1 unspecified atom stereocenters. The number of carbonyl (C=O) groups is 1. The van der Waals surface area contributed by atoms with Gasteiger partial charge in [0.25, 0.3) is 5.91 Å². The van der Waals surface area contributed by atoms with Crippen LogP contribution in [0.4, 0.5) is 4.39 Å². The zero-order chi connectivity index (χ0) is 18.8. The summed E-state index contributed by atoms with van der Waals surface area (Å²) < 4.78 is 18.4. The average molecular weight is 366 g/mol. The number of pyridine rings is 1. The molecular weight excluding hydrogens is 347 g/mol. The molecule has 0 N–H and O–H groups in total. The fourth-order valence-electron chi connectivity index (χ4n) is 3.37. The van der Waals surface area contributed by atoms with Gasteiger partial charge in [-0.15, -0.1) is 0 Å². The predicted molar refractivity (Wildman–Crippen MR) is 96.5 cm³/mol. The van der Waals surface area contributed by atoms with Crippen LogP contribution in [0.25, 0.3) is 11.3 Å². The number of aromatic nitrogens is 3. The second-order valence-corrected chi connectivity index (χ2v) is 6.70. The van der Waals surface area contributed by atoms with Crippen molar-refractivity contribution in [2.75, 3.05) is 13.1 Å². The first-order valence-electron chi connectivity index (χ1n) is 8.91. The number of amides is 1. The van der Waals surface area contributed by atoms with Crippen LogP contribution in [0.15, 0.2) is 47.1 Å². The summed E-state index contributed by atoms with van der Waals surface area (Å²) in [6.07, 6.45) is 3.36. The molecule has 4 rings (SSSR count). The first-order chi connectivity index (χ1) is 13.1. The van der Waals surface area contributed by atoms with Gasteiger partial charge in [-0.1, -0.05) is 17.3 Å². The maximum absolute atomic E-state index is 13.4. The molecule has 27 heavy (non-hydrogen) atoms. The maximum atomic E-state index is 13.4. The molecule has 1 aromatic carbocycles. The van der Waals surface area contributed by atoms with Gasteiger partial charge in [0.15, 0.2) is 5.82 Å². The molecule has 2 aromatic heterocycles. The molecular formula is C20H19FN4O2. The van der Waals surface area contributed by atoms with Gasteiger partial charge >= 0.3 is 0 Å². The van der Waals surface area contributed by atoms with Crippen LogP contribution in [0.1, 0.15) is 40.8 Å². The standard InChI is InChI=1S/C20H19FN4O2/c1-13-23-19(24-27-13)16-5-3-9-25(12-16)20(26)15-7-8-18(22-11-15)14-4-2-6-17(21)10-14/h2,4,6-8,10-11,16H,3,5,9,12H2,1H3. The number of likely N-dealkylation sites (tertiary alicyclic amines) is 1. The van der Waals surface area contributed by atoms with Crippen LogP contribution in [0.2, 0.25) is 0 Å². The minimum Gasteiger partial charge on any atom is -0.340 e. The van der Waals surface area contributed by atoms with Gasteiger partial charge in [-0.05, 0) is 37.1 Å². The van der Waals surface area contributed by atoms with Gasteiger partial charge in [0.1, 0.15) is 5.82 Å². The van der Waals surface area contributed by atoms with E-state index in [1.807, 2.05) is 0 Å². The number of hydrogen-bond donors (Lipinski definition) is 0.